The van der Waals surface area contributed by atoms with E-state index < -0.39 is 0 Å². The molecular weight excluding hydrogens is 414 g/mol. The molecule has 3 heterocycles. The number of anilines is 1. The van der Waals surface area contributed by atoms with Crippen molar-refractivity contribution in [2.75, 3.05) is 18.8 Å². The van der Waals surface area contributed by atoms with Crippen LogP contribution in [0.25, 0.3) is 16.6 Å². The number of piperidine rings is 1. The summed E-state index contributed by atoms with van der Waals surface area (Å²) in [5, 5.41) is 5.93. The maximum atomic E-state index is 12.2. The molecule has 1 atom stereocenters. The number of ether oxygens (including phenoxy) is 1. The van der Waals surface area contributed by atoms with E-state index in [1.807, 2.05) is 70.2 Å². The van der Waals surface area contributed by atoms with Crippen molar-refractivity contribution in [1.29, 1.82) is 0 Å². The van der Waals surface area contributed by atoms with Gasteiger partial charge in [-0.25, -0.2) is 9.67 Å². The van der Waals surface area contributed by atoms with Gasteiger partial charge in [0.15, 0.2) is 0 Å². The Labute approximate surface area is 192 Å². The number of pyridine rings is 1. The first-order valence-corrected chi connectivity index (χ1v) is 11.0. The third-order valence-electron chi connectivity index (χ3n) is 6.00. The molecule has 33 heavy (non-hydrogen) atoms. The number of likely N-dealkylation sites (tertiary alicyclic amines) is 1. The van der Waals surface area contributed by atoms with Crippen molar-refractivity contribution in [1.82, 2.24) is 19.7 Å². The molecule has 7 heteroatoms. The molecule has 0 bridgehead atoms. The van der Waals surface area contributed by atoms with Gasteiger partial charge in [-0.15, -0.1) is 0 Å². The van der Waals surface area contributed by atoms with E-state index in [0.717, 1.165) is 53.2 Å². The number of carbonyl (C=O) groups is 1. The fraction of sp³-hybridized carbons (Fsp3) is 0.192. The lowest BCUT2D eigenvalue weighted by Gasteiger charge is -2.31. The van der Waals surface area contributed by atoms with Gasteiger partial charge in [0.2, 0.25) is 5.91 Å². The van der Waals surface area contributed by atoms with E-state index in [2.05, 4.69) is 11.6 Å². The Bertz CT molecular complexity index is 1300. The van der Waals surface area contributed by atoms with Crippen LogP contribution < -0.4 is 10.5 Å². The van der Waals surface area contributed by atoms with Crippen molar-refractivity contribution in [2.24, 2.45) is 0 Å². The summed E-state index contributed by atoms with van der Waals surface area (Å²) >= 11 is 0. The second-order valence-corrected chi connectivity index (χ2v) is 8.13. The lowest BCUT2D eigenvalue weighted by atomic mass is 9.93. The van der Waals surface area contributed by atoms with Gasteiger partial charge in [0.1, 0.15) is 22.8 Å². The molecule has 1 aliphatic rings. The van der Waals surface area contributed by atoms with E-state index in [0.29, 0.717) is 12.4 Å². The number of carbonyl (C=O) groups excluding carboxylic acids is 1. The number of nitrogens with two attached hydrogens (primary N) is 1. The smallest absolute Gasteiger partial charge is 0.245 e. The zero-order valence-electron chi connectivity index (χ0n) is 18.2. The van der Waals surface area contributed by atoms with Crippen LogP contribution in [-0.4, -0.2) is 38.7 Å². The topological polar surface area (TPSA) is 86.3 Å². The number of fused-ring (bicyclic) bond motifs is 1. The van der Waals surface area contributed by atoms with Gasteiger partial charge < -0.3 is 15.4 Å². The van der Waals surface area contributed by atoms with Gasteiger partial charge in [-0.05, 0) is 61.4 Å². The standard InChI is InChI=1S/C26H25N5O2/c1-2-23(32)30-16-6-7-18(17-30)24-22-14-15-28-26(27)25(22)31(29-24)19-10-12-21(13-11-19)33-20-8-4-3-5-9-20/h2-5,8-15,18H,1,6-7,16-17H2,(H2,27,28). The molecule has 2 N–H and O–H groups in total. The Morgan fingerprint density at radius 2 is 1.85 bits per heavy atom. The Balaban J connectivity index is 1.50. The Hall–Kier alpha value is -4.13. The summed E-state index contributed by atoms with van der Waals surface area (Å²) in [5.74, 6) is 2.01. The van der Waals surface area contributed by atoms with Crippen molar-refractivity contribution in [3.8, 4) is 17.2 Å². The molecule has 166 valence electrons. The van der Waals surface area contributed by atoms with Crippen LogP contribution >= 0.6 is 0 Å². The SMILES string of the molecule is C=CC(=O)N1CCCC(c2nn(-c3ccc(Oc4ccccc4)cc3)c3c(N)nccc23)C1. The van der Waals surface area contributed by atoms with Crippen molar-refractivity contribution in [3.05, 3.63) is 85.2 Å². The van der Waals surface area contributed by atoms with Crippen LogP contribution in [-0.2, 0) is 4.79 Å². The fourth-order valence-corrected chi connectivity index (χ4v) is 4.41. The largest absolute Gasteiger partial charge is 0.457 e. The molecule has 4 aromatic rings. The zero-order valence-corrected chi connectivity index (χ0v) is 18.2. The van der Waals surface area contributed by atoms with E-state index in [1.54, 1.807) is 6.20 Å². The van der Waals surface area contributed by atoms with Gasteiger partial charge in [-0.1, -0.05) is 24.8 Å². The van der Waals surface area contributed by atoms with E-state index >= 15 is 0 Å². The first-order chi connectivity index (χ1) is 16.1. The molecule has 0 saturated carbocycles. The molecule has 1 unspecified atom stereocenters. The Morgan fingerprint density at radius 1 is 1.09 bits per heavy atom. The lowest BCUT2D eigenvalue weighted by molar-refractivity contribution is -0.127. The van der Waals surface area contributed by atoms with Crippen LogP contribution in [0.4, 0.5) is 5.82 Å². The number of rotatable bonds is 5. The van der Waals surface area contributed by atoms with Crippen molar-refractivity contribution in [3.63, 3.8) is 0 Å². The predicted octanol–water partition coefficient (Wildman–Crippen LogP) is 4.69. The summed E-state index contributed by atoms with van der Waals surface area (Å²) in [6.45, 7) is 4.98. The molecule has 1 amide bonds. The molecule has 7 nitrogen and oxygen atoms in total. The van der Waals surface area contributed by atoms with Gasteiger partial charge in [0.05, 0.1) is 11.4 Å². The number of hydrogen-bond donors (Lipinski definition) is 1. The van der Waals surface area contributed by atoms with Crippen molar-refractivity contribution in [2.45, 2.75) is 18.8 Å². The number of hydrogen-bond acceptors (Lipinski definition) is 5. The predicted molar refractivity (Wildman–Crippen MR) is 129 cm³/mol. The van der Waals surface area contributed by atoms with Gasteiger partial charge in [-0.2, -0.15) is 5.10 Å². The number of nitrogens with zero attached hydrogens (tertiary/aromatic N) is 4. The fourth-order valence-electron chi connectivity index (χ4n) is 4.41. The highest BCUT2D eigenvalue weighted by atomic mass is 16.5. The maximum Gasteiger partial charge on any atom is 0.245 e. The molecule has 1 saturated heterocycles. The normalized spacial score (nSPS) is 16.0. The van der Waals surface area contributed by atoms with E-state index in [4.69, 9.17) is 15.6 Å². The second-order valence-electron chi connectivity index (χ2n) is 8.13. The minimum absolute atomic E-state index is 0.0429. The quantitative estimate of drug-likeness (QED) is 0.456. The average molecular weight is 440 g/mol. The highest BCUT2D eigenvalue weighted by Gasteiger charge is 2.28. The maximum absolute atomic E-state index is 12.2. The number of nitrogen functional groups attached to an aromatic ring is 1. The van der Waals surface area contributed by atoms with E-state index in [1.165, 1.54) is 6.08 Å². The minimum Gasteiger partial charge on any atom is -0.457 e. The average Bonchev–Trinajstić information content (AvgIpc) is 3.26. The van der Waals surface area contributed by atoms with Crippen molar-refractivity contribution >= 4 is 22.6 Å². The Morgan fingerprint density at radius 3 is 2.61 bits per heavy atom. The number of aromatic nitrogens is 3. The first-order valence-electron chi connectivity index (χ1n) is 11.0. The molecule has 2 aromatic carbocycles. The van der Waals surface area contributed by atoms with E-state index in [9.17, 15) is 4.79 Å². The Kier molecular flexibility index (Phi) is 5.52. The van der Waals surface area contributed by atoms with Crippen LogP contribution in [0.5, 0.6) is 11.5 Å². The van der Waals surface area contributed by atoms with Crippen LogP contribution in [0.2, 0.25) is 0 Å². The molecular formula is C26H25N5O2. The third kappa shape index (κ3) is 4.05. The molecule has 2 aromatic heterocycles. The highest BCUT2D eigenvalue weighted by Crippen LogP contribution is 2.34. The minimum atomic E-state index is -0.0429. The molecule has 0 aliphatic carbocycles. The second kappa shape index (κ2) is 8.78. The van der Waals surface area contributed by atoms with Crippen molar-refractivity contribution < 1.29 is 9.53 Å². The van der Waals surface area contributed by atoms with Crippen LogP contribution in [0.3, 0.4) is 0 Å². The van der Waals surface area contributed by atoms with Gasteiger partial charge >= 0.3 is 0 Å². The monoisotopic (exact) mass is 439 g/mol. The lowest BCUT2D eigenvalue weighted by Crippen LogP contribution is -2.38. The summed E-state index contributed by atoms with van der Waals surface area (Å²) in [6, 6.07) is 19.3. The number of para-hydroxylation sites is 1. The summed E-state index contributed by atoms with van der Waals surface area (Å²) in [6.07, 6.45) is 4.96. The van der Waals surface area contributed by atoms with Crippen LogP contribution in [0.15, 0.2) is 79.5 Å². The summed E-state index contributed by atoms with van der Waals surface area (Å²) in [4.78, 5) is 18.3. The summed E-state index contributed by atoms with van der Waals surface area (Å²) < 4.78 is 7.75. The molecule has 1 aliphatic heterocycles. The number of amides is 1. The zero-order chi connectivity index (χ0) is 22.8. The summed E-state index contributed by atoms with van der Waals surface area (Å²) in [5.41, 5.74) is 8.86. The van der Waals surface area contributed by atoms with Crippen LogP contribution in [0, 0.1) is 0 Å². The molecule has 5 rings (SSSR count). The first kappa shape index (κ1) is 20.8. The van der Waals surface area contributed by atoms with Gasteiger partial charge in [0.25, 0.3) is 0 Å². The van der Waals surface area contributed by atoms with E-state index in [-0.39, 0.29) is 11.8 Å². The molecule has 0 spiro atoms. The van der Waals surface area contributed by atoms with Gasteiger partial charge in [0, 0.05) is 30.6 Å². The van der Waals surface area contributed by atoms with Crippen LogP contribution in [0.1, 0.15) is 24.5 Å². The third-order valence-corrected chi connectivity index (χ3v) is 6.00. The summed E-state index contributed by atoms with van der Waals surface area (Å²) in [7, 11) is 0. The van der Waals surface area contributed by atoms with Gasteiger partial charge in [-0.3, -0.25) is 4.79 Å². The molecule has 0 radical (unpaired) electrons. The molecule has 1 fully saturated rings. The highest BCUT2D eigenvalue weighted by molar-refractivity contribution is 5.91. The number of benzene rings is 2.